The van der Waals surface area contributed by atoms with Gasteiger partial charge in [0.2, 0.25) is 0 Å². The third kappa shape index (κ3) is 5.85. The maximum absolute atomic E-state index is 12.0. The SMILES string of the molecule is CSCC[C@H](NC(=O)N(C)Cc1ccccc1Cl)C(=O)O. The van der Waals surface area contributed by atoms with E-state index in [0.717, 1.165) is 5.56 Å². The fourth-order valence-corrected chi connectivity index (χ4v) is 2.37. The van der Waals surface area contributed by atoms with Crippen molar-refractivity contribution in [3.63, 3.8) is 0 Å². The Labute approximate surface area is 133 Å². The number of carboxylic acids is 1. The summed E-state index contributed by atoms with van der Waals surface area (Å²) in [6, 6.07) is 5.93. The zero-order chi connectivity index (χ0) is 15.8. The van der Waals surface area contributed by atoms with E-state index < -0.39 is 18.0 Å². The first kappa shape index (κ1) is 17.7. The molecule has 0 heterocycles. The third-order valence-corrected chi connectivity index (χ3v) is 3.93. The number of carbonyl (C=O) groups excluding carboxylic acids is 1. The van der Waals surface area contributed by atoms with E-state index in [1.54, 1.807) is 24.9 Å². The molecule has 2 N–H and O–H groups in total. The number of carboxylic acid groups (broad SMARTS) is 1. The summed E-state index contributed by atoms with van der Waals surface area (Å²) in [6.45, 7) is 0.320. The summed E-state index contributed by atoms with van der Waals surface area (Å²) in [6.07, 6.45) is 2.28. The van der Waals surface area contributed by atoms with Crippen molar-refractivity contribution >= 4 is 35.4 Å². The van der Waals surface area contributed by atoms with Crippen LogP contribution in [0.1, 0.15) is 12.0 Å². The van der Waals surface area contributed by atoms with Crippen LogP contribution in [0.2, 0.25) is 5.02 Å². The van der Waals surface area contributed by atoms with Crippen LogP contribution in [-0.4, -0.2) is 47.1 Å². The van der Waals surface area contributed by atoms with Gasteiger partial charge >= 0.3 is 12.0 Å². The highest BCUT2D eigenvalue weighted by molar-refractivity contribution is 7.98. The maximum Gasteiger partial charge on any atom is 0.326 e. The molecule has 0 saturated heterocycles. The molecule has 0 spiro atoms. The summed E-state index contributed by atoms with van der Waals surface area (Å²) in [7, 11) is 1.60. The van der Waals surface area contributed by atoms with Crippen molar-refractivity contribution in [3.8, 4) is 0 Å². The average molecular weight is 331 g/mol. The molecule has 5 nitrogen and oxygen atoms in total. The van der Waals surface area contributed by atoms with Gasteiger partial charge < -0.3 is 15.3 Å². The third-order valence-electron chi connectivity index (χ3n) is 2.92. The number of urea groups is 1. The fraction of sp³-hybridized carbons (Fsp3) is 0.429. The Bertz CT molecular complexity index is 499. The van der Waals surface area contributed by atoms with Gasteiger partial charge in [0, 0.05) is 18.6 Å². The Kier molecular flexibility index (Phi) is 7.39. The number of hydrogen-bond donors (Lipinski definition) is 2. The number of carbonyl (C=O) groups is 2. The molecule has 0 unspecified atom stereocenters. The van der Waals surface area contributed by atoms with Gasteiger partial charge in [0.1, 0.15) is 6.04 Å². The van der Waals surface area contributed by atoms with Crippen LogP contribution >= 0.6 is 23.4 Å². The Morgan fingerprint density at radius 3 is 2.67 bits per heavy atom. The predicted octanol–water partition coefficient (Wildman–Crippen LogP) is 2.69. The number of aliphatic carboxylic acids is 1. The number of nitrogens with one attached hydrogen (secondary N) is 1. The van der Waals surface area contributed by atoms with E-state index in [1.807, 2.05) is 24.5 Å². The number of rotatable bonds is 7. The van der Waals surface area contributed by atoms with Crippen LogP contribution in [0.3, 0.4) is 0 Å². The molecule has 0 radical (unpaired) electrons. The first-order chi connectivity index (χ1) is 9.95. The van der Waals surface area contributed by atoms with Gasteiger partial charge in [0.25, 0.3) is 0 Å². The predicted molar refractivity (Wildman–Crippen MR) is 85.9 cm³/mol. The van der Waals surface area contributed by atoms with E-state index in [-0.39, 0.29) is 0 Å². The summed E-state index contributed by atoms with van der Waals surface area (Å²) in [4.78, 5) is 24.6. The number of thioether (sulfide) groups is 1. The van der Waals surface area contributed by atoms with Crippen molar-refractivity contribution in [1.29, 1.82) is 0 Å². The van der Waals surface area contributed by atoms with Crippen LogP contribution in [0.15, 0.2) is 24.3 Å². The summed E-state index contributed by atoms with van der Waals surface area (Å²) < 4.78 is 0. The molecule has 1 aromatic carbocycles. The fourth-order valence-electron chi connectivity index (χ4n) is 1.71. The lowest BCUT2D eigenvalue weighted by molar-refractivity contribution is -0.139. The molecule has 0 aromatic heterocycles. The Morgan fingerprint density at radius 2 is 2.10 bits per heavy atom. The van der Waals surface area contributed by atoms with Gasteiger partial charge in [-0.1, -0.05) is 29.8 Å². The van der Waals surface area contributed by atoms with Gasteiger partial charge in [-0.05, 0) is 30.1 Å². The molecule has 2 amide bonds. The van der Waals surface area contributed by atoms with E-state index in [2.05, 4.69) is 5.32 Å². The molecule has 0 aliphatic rings. The molecular formula is C14H19ClN2O3S. The van der Waals surface area contributed by atoms with Gasteiger partial charge in [0.05, 0.1) is 0 Å². The number of hydrogen-bond acceptors (Lipinski definition) is 3. The molecule has 0 bridgehead atoms. The molecule has 0 saturated carbocycles. The lowest BCUT2D eigenvalue weighted by Gasteiger charge is -2.21. The number of nitrogens with zero attached hydrogens (tertiary/aromatic N) is 1. The van der Waals surface area contributed by atoms with Crippen LogP contribution in [0, 0.1) is 0 Å². The number of benzene rings is 1. The summed E-state index contributed by atoms with van der Waals surface area (Å²) >= 11 is 7.58. The van der Waals surface area contributed by atoms with Gasteiger partial charge in [0.15, 0.2) is 0 Å². The van der Waals surface area contributed by atoms with Crippen molar-refractivity contribution in [2.45, 2.75) is 19.0 Å². The normalized spacial score (nSPS) is 11.8. The highest BCUT2D eigenvalue weighted by Crippen LogP contribution is 2.16. The number of halogens is 1. The summed E-state index contributed by atoms with van der Waals surface area (Å²) in [5.41, 5.74) is 0.813. The molecule has 7 heteroatoms. The second kappa shape index (κ2) is 8.79. The molecule has 1 rings (SSSR count). The lowest BCUT2D eigenvalue weighted by atomic mass is 10.2. The lowest BCUT2D eigenvalue weighted by Crippen LogP contribution is -2.46. The second-order valence-corrected chi connectivity index (χ2v) is 5.96. The average Bonchev–Trinajstić information content (AvgIpc) is 2.45. The molecule has 0 aliphatic heterocycles. The largest absolute Gasteiger partial charge is 0.480 e. The quantitative estimate of drug-likeness (QED) is 0.806. The van der Waals surface area contributed by atoms with Crippen molar-refractivity contribution < 1.29 is 14.7 Å². The van der Waals surface area contributed by atoms with E-state index in [9.17, 15) is 9.59 Å². The zero-order valence-electron chi connectivity index (χ0n) is 12.0. The highest BCUT2D eigenvalue weighted by Gasteiger charge is 2.21. The van der Waals surface area contributed by atoms with E-state index >= 15 is 0 Å². The van der Waals surface area contributed by atoms with Gasteiger partial charge in [-0.25, -0.2) is 9.59 Å². The summed E-state index contributed by atoms with van der Waals surface area (Å²) in [5.74, 6) is -0.352. The van der Waals surface area contributed by atoms with Crippen molar-refractivity contribution in [1.82, 2.24) is 10.2 Å². The highest BCUT2D eigenvalue weighted by atomic mass is 35.5. The molecule has 21 heavy (non-hydrogen) atoms. The monoisotopic (exact) mass is 330 g/mol. The van der Waals surface area contributed by atoms with E-state index in [1.165, 1.54) is 4.90 Å². The minimum Gasteiger partial charge on any atom is -0.480 e. The minimum absolute atomic E-state index is 0.320. The second-order valence-electron chi connectivity index (χ2n) is 4.57. The van der Waals surface area contributed by atoms with Crippen LogP contribution in [-0.2, 0) is 11.3 Å². The minimum atomic E-state index is -1.02. The first-order valence-electron chi connectivity index (χ1n) is 6.42. The van der Waals surface area contributed by atoms with E-state index in [0.29, 0.717) is 23.7 Å². The molecule has 116 valence electrons. The molecule has 1 atom stereocenters. The van der Waals surface area contributed by atoms with Crippen molar-refractivity contribution in [3.05, 3.63) is 34.9 Å². The van der Waals surface area contributed by atoms with Gasteiger partial charge in [-0.15, -0.1) is 0 Å². The standard InChI is InChI=1S/C14H19ClN2O3S/c1-17(9-10-5-3-4-6-11(10)15)14(20)16-12(13(18)19)7-8-21-2/h3-6,12H,7-9H2,1-2H3,(H,16,20)(H,18,19)/t12-/m0/s1. The van der Waals surface area contributed by atoms with Crippen molar-refractivity contribution in [2.24, 2.45) is 0 Å². The molecular weight excluding hydrogens is 312 g/mol. The molecule has 0 fully saturated rings. The summed E-state index contributed by atoms with van der Waals surface area (Å²) in [5, 5.41) is 12.2. The van der Waals surface area contributed by atoms with Crippen molar-refractivity contribution in [2.75, 3.05) is 19.1 Å². The van der Waals surface area contributed by atoms with Crippen LogP contribution in [0.5, 0.6) is 0 Å². The smallest absolute Gasteiger partial charge is 0.326 e. The van der Waals surface area contributed by atoms with Gasteiger partial charge in [-0.3, -0.25) is 0 Å². The van der Waals surface area contributed by atoms with Crippen LogP contribution in [0.4, 0.5) is 4.79 Å². The zero-order valence-corrected chi connectivity index (χ0v) is 13.6. The first-order valence-corrected chi connectivity index (χ1v) is 8.19. The Morgan fingerprint density at radius 1 is 1.43 bits per heavy atom. The van der Waals surface area contributed by atoms with E-state index in [4.69, 9.17) is 16.7 Å². The Balaban J connectivity index is 2.61. The number of amides is 2. The van der Waals surface area contributed by atoms with Gasteiger partial charge in [-0.2, -0.15) is 11.8 Å². The maximum atomic E-state index is 12.0. The topological polar surface area (TPSA) is 69.6 Å². The molecule has 1 aromatic rings. The van der Waals surface area contributed by atoms with Crippen LogP contribution in [0.25, 0.3) is 0 Å². The Hall–Kier alpha value is -1.40. The van der Waals surface area contributed by atoms with Crippen LogP contribution < -0.4 is 5.32 Å². The molecule has 0 aliphatic carbocycles.